The van der Waals surface area contributed by atoms with Crippen LogP contribution in [0, 0.1) is 11.7 Å². The Morgan fingerprint density at radius 3 is 2.60 bits per heavy atom. The Balaban J connectivity index is 2.09. The average molecular weight is 210 g/mol. The molecule has 1 aromatic heterocycles. The SMILES string of the molecule is CC(CN)(Nc1ncc(F)cn1)C1CC1. The largest absolute Gasteiger partial charge is 0.348 e. The lowest BCUT2D eigenvalue weighted by atomic mass is 9.96. The van der Waals surface area contributed by atoms with Crippen molar-refractivity contribution in [2.75, 3.05) is 11.9 Å². The first-order valence-corrected chi connectivity index (χ1v) is 5.10. The van der Waals surface area contributed by atoms with E-state index in [0.717, 1.165) is 12.4 Å². The van der Waals surface area contributed by atoms with E-state index < -0.39 is 5.82 Å². The van der Waals surface area contributed by atoms with Crippen molar-refractivity contribution in [3.8, 4) is 0 Å². The van der Waals surface area contributed by atoms with Crippen molar-refractivity contribution in [2.45, 2.75) is 25.3 Å². The third-order valence-electron chi connectivity index (χ3n) is 2.92. The molecule has 0 spiro atoms. The lowest BCUT2D eigenvalue weighted by Crippen LogP contribution is -2.45. The Kier molecular flexibility index (Phi) is 2.56. The molecule has 4 nitrogen and oxygen atoms in total. The third-order valence-corrected chi connectivity index (χ3v) is 2.92. The van der Waals surface area contributed by atoms with Crippen LogP contribution in [0.1, 0.15) is 19.8 Å². The molecule has 2 rings (SSSR count). The van der Waals surface area contributed by atoms with Gasteiger partial charge < -0.3 is 11.1 Å². The van der Waals surface area contributed by atoms with Crippen molar-refractivity contribution in [1.82, 2.24) is 9.97 Å². The van der Waals surface area contributed by atoms with Gasteiger partial charge >= 0.3 is 0 Å². The molecule has 1 fully saturated rings. The number of rotatable bonds is 4. The molecule has 5 heteroatoms. The Morgan fingerprint density at radius 1 is 1.53 bits per heavy atom. The van der Waals surface area contributed by atoms with Crippen molar-refractivity contribution < 1.29 is 4.39 Å². The maximum Gasteiger partial charge on any atom is 0.223 e. The van der Waals surface area contributed by atoms with Crippen LogP contribution >= 0.6 is 0 Å². The normalized spacial score (nSPS) is 19.7. The highest BCUT2D eigenvalue weighted by molar-refractivity contribution is 5.30. The highest BCUT2D eigenvalue weighted by Gasteiger charge is 2.40. The molecule has 1 aliphatic rings. The predicted molar refractivity (Wildman–Crippen MR) is 55.8 cm³/mol. The van der Waals surface area contributed by atoms with Gasteiger partial charge in [0.05, 0.1) is 17.9 Å². The van der Waals surface area contributed by atoms with E-state index in [0.29, 0.717) is 18.4 Å². The summed E-state index contributed by atoms with van der Waals surface area (Å²) in [6.07, 6.45) is 4.67. The predicted octanol–water partition coefficient (Wildman–Crippen LogP) is 1.16. The van der Waals surface area contributed by atoms with Crippen LogP contribution in [0.15, 0.2) is 12.4 Å². The zero-order valence-corrected chi connectivity index (χ0v) is 8.70. The summed E-state index contributed by atoms with van der Waals surface area (Å²) < 4.78 is 12.6. The van der Waals surface area contributed by atoms with Crippen LogP contribution in [0.25, 0.3) is 0 Å². The lowest BCUT2D eigenvalue weighted by molar-refractivity contribution is 0.455. The van der Waals surface area contributed by atoms with E-state index in [2.05, 4.69) is 22.2 Å². The molecular formula is C10H15FN4. The summed E-state index contributed by atoms with van der Waals surface area (Å²) in [6.45, 7) is 2.58. The van der Waals surface area contributed by atoms with Gasteiger partial charge in [-0.2, -0.15) is 0 Å². The molecule has 1 atom stereocenters. The highest BCUT2D eigenvalue weighted by atomic mass is 19.1. The second kappa shape index (κ2) is 3.73. The fraction of sp³-hybridized carbons (Fsp3) is 0.600. The van der Waals surface area contributed by atoms with E-state index in [4.69, 9.17) is 5.73 Å². The third kappa shape index (κ3) is 2.23. The number of hydrogen-bond donors (Lipinski definition) is 2. The molecule has 1 aliphatic carbocycles. The first-order valence-electron chi connectivity index (χ1n) is 5.10. The number of nitrogens with two attached hydrogens (primary N) is 1. The number of hydrogen-bond acceptors (Lipinski definition) is 4. The van der Waals surface area contributed by atoms with Gasteiger partial charge in [0.15, 0.2) is 5.82 Å². The van der Waals surface area contributed by atoms with Crippen molar-refractivity contribution in [1.29, 1.82) is 0 Å². The van der Waals surface area contributed by atoms with E-state index >= 15 is 0 Å². The standard InChI is InChI=1S/C10H15FN4/c1-10(6-12,7-2-3-7)15-9-13-4-8(11)5-14-9/h4-5,7H,2-3,6,12H2,1H3,(H,13,14,15). The zero-order chi connectivity index (χ0) is 10.9. The summed E-state index contributed by atoms with van der Waals surface area (Å²) in [4.78, 5) is 7.74. The molecule has 0 radical (unpaired) electrons. The molecule has 0 aliphatic heterocycles. The smallest absolute Gasteiger partial charge is 0.223 e. The molecule has 0 amide bonds. The van der Waals surface area contributed by atoms with Crippen molar-refractivity contribution >= 4 is 5.95 Å². The number of anilines is 1. The quantitative estimate of drug-likeness (QED) is 0.782. The molecular weight excluding hydrogens is 195 g/mol. The van der Waals surface area contributed by atoms with E-state index in [1.54, 1.807) is 0 Å². The highest BCUT2D eigenvalue weighted by Crippen LogP contribution is 2.40. The second-order valence-electron chi connectivity index (χ2n) is 4.25. The minimum absolute atomic E-state index is 0.169. The molecule has 15 heavy (non-hydrogen) atoms. The van der Waals surface area contributed by atoms with E-state index in [1.807, 2.05) is 0 Å². The van der Waals surface area contributed by atoms with Gasteiger partial charge in [-0.3, -0.25) is 0 Å². The van der Waals surface area contributed by atoms with Crippen LogP contribution in [0.4, 0.5) is 10.3 Å². The van der Waals surface area contributed by atoms with Crippen LogP contribution in [0.3, 0.4) is 0 Å². The average Bonchev–Trinajstić information content (AvgIpc) is 3.05. The van der Waals surface area contributed by atoms with Crippen molar-refractivity contribution in [3.63, 3.8) is 0 Å². The van der Waals surface area contributed by atoms with Gasteiger partial charge in [-0.15, -0.1) is 0 Å². The maximum absolute atomic E-state index is 12.6. The molecule has 0 bridgehead atoms. The van der Waals surface area contributed by atoms with Gasteiger partial charge in [0.25, 0.3) is 0 Å². The molecule has 3 N–H and O–H groups in total. The number of nitrogens with zero attached hydrogens (tertiary/aromatic N) is 2. The van der Waals surface area contributed by atoms with Gasteiger partial charge in [-0.1, -0.05) is 0 Å². The fourth-order valence-corrected chi connectivity index (χ4v) is 1.67. The summed E-state index contributed by atoms with van der Waals surface area (Å²) in [5.41, 5.74) is 5.56. The molecule has 0 aromatic carbocycles. The van der Waals surface area contributed by atoms with E-state index in [9.17, 15) is 4.39 Å². The topological polar surface area (TPSA) is 63.8 Å². The van der Waals surface area contributed by atoms with Crippen molar-refractivity contribution in [3.05, 3.63) is 18.2 Å². The summed E-state index contributed by atoms with van der Waals surface area (Å²) in [7, 11) is 0. The summed E-state index contributed by atoms with van der Waals surface area (Å²) in [5, 5.41) is 3.18. The molecule has 82 valence electrons. The summed E-state index contributed by atoms with van der Waals surface area (Å²) in [6, 6.07) is 0. The van der Waals surface area contributed by atoms with Crippen LogP contribution in [0.2, 0.25) is 0 Å². The lowest BCUT2D eigenvalue weighted by Gasteiger charge is -2.29. The molecule has 0 saturated heterocycles. The molecule has 1 saturated carbocycles. The van der Waals surface area contributed by atoms with Crippen LogP contribution < -0.4 is 11.1 Å². The first kappa shape index (κ1) is 10.3. The number of aromatic nitrogens is 2. The number of nitrogens with one attached hydrogen (secondary N) is 1. The minimum Gasteiger partial charge on any atom is -0.348 e. The summed E-state index contributed by atoms with van der Waals surface area (Å²) >= 11 is 0. The van der Waals surface area contributed by atoms with Crippen LogP contribution in [0.5, 0.6) is 0 Å². The molecule has 1 aromatic rings. The fourth-order valence-electron chi connectivity index (χ4n) is 1.67. The van der Waals surface area contributed by atoms with Gasteiger partial charge in [0.2, 0.25) is 5.95 Å². The van der Waals surface area contributed by atoms with Gasteiger partial charge in [0, 0.05) is 6.54 Å². The van der Waals surface area contributed by atoms with Crippen LogP contribution in [-0.4, -0.2) is 22.1 Å². The second-order valence-corrected chi connectivity index (χ2v) is 4.25. The minimum atomic E-state index is -0.429. The first-order chi connectivity index (χ1) is 7.14. The van der Waals surface area contributed by atoms with Crippen molar-refractivity contribution in [2.24, 2.45) is 11.7 Å². The van der Waals surface area contributed by atoms with Gasteiger partial charge in [0.1, 0.15) is 0 Å². The molecule has 1 unspecified atom stereocenters. The summed E-state index contributed by atoms with van der Waals surface area (Å²) in [5.74, 6) is 0.592. The molecule has 1 heterocycles. The monoisotopic (exact) mass is 210 g/mol. The Labute approximate surface area is 88.1 Å². The van der Waals surface area contributed by atoms with E-state index in [1.165, 1.54) is 12.8 Å². The zero-order valence-electron chi connectivity index (χ0n) is 8.70. The van der Waals surface area contributed by atoms with Gasteiger partial charge in [-0.25, -0.2) is 14.4 Å². The Morgan fingerprint density at radius 2 is 2.13 bits per heavy atom. The van der Waals surface area contributed by atoms with Crippen LogP contribution in [-0.2, 0) is 0 Å². The van der Waals surface area contributed by atoms with E-state index in [-0.39, 0.29) is 5.54 Å². The Hall–Kier alpha value is -1.23. The Bertz CT molecular complexity index is 336. The van der Waals surface area contributed by atoms with Gasteiger partial charge in [-0.05, 0) is 25.7 Å². The number of halogens is 1. The maximum atomic E-state index is 12.6.